The van der Waals surface area contributed by atoms with Crippen molar-refractivity contribution in [1.29, 1.82) is 0 Å². The van der Waals surface area contributed by atoms with Crippen molar-refractivity contribution in [2.45, 2.75) is 38.7 Å². The van der Waals surface area contributed by atoms with Gasteiger partial charge in [0.25, 0.3) is 5.56 Å². The van der Waals surface area contributed by atoms with Gasteiger partial charge in [-0.3, -0.25) is 14.5 Å². The minimum absolute atomic E-state index is 0.0347. The lowest BCUT2D eigenvalue weighted by molar-refractivity contribution is -0.144. The van der Waals surface area contributed by atoms with Crippen LogP contribution in [0.4, 0.5) is 17.6 Å². The Kier molecular flexibility index (Phi) is 4.66. The van der Waals surface area contributed by atoms with Crippen molar-refractivity contribution in [3.63, 3.8) is 0 Å². The molecule has 0 amide bonds. The van der Waals surface area contributed by atoms with E-state index < -0.39 is 28.9 Å². The number of rotatable bonds is 5. The molecule has 1 aromatic rings. The van der Waals surface area contributed by atoms with Crippen molar-refractivity contribution in [2.24, 2.45) is 0 Å². The summed E-state index contributed by atoms with van der Waals surface area (Å²) in [6.07, 6.45) is -4.66. The van der Waals surface area contributed by atoms with Gasteiger partial charge in [-0.2, -0.15) is 13.2 Å². The smallest absolute Gasteiger partial charge is 0.303 e. The van der Waals surface area contributed by atoms with E-state index >= 15 is 0 Å². The molecule has 4 nitrogen and oxygen atoms in total. The molecule has 2 rings (SSSR count). The van der Waals surface area contributed by atoms with Crippen molar-refractivity contribution < 1.29 is 22.4 Å². The van der Waals surface area contributed by atoms with Crippen LogP contribution in [-0.2, 0) is 12.7 Å². The van der Waals surface area contributed by atoms with Crippen LogP contribution in [0.5, 0.6) is 0 Å². The fourth-order valence-corrected chi connectivity index (χ4v) is 2.74. The Bertz CT molecular complexity index is 656. The molecular formula is C15H18F4N2O2. The quantitative estimate of drug-likeness (QED) is 0.614. The van der Waals surface area contributed by atoms with Crippen LogP contribution in [0.2, 0.25) is 0 Å². The number of halogens is 4. The fourth-order valence-electron chi connectivity index (χ4n) is 2.74. The molecule has 128 valence electrons. The molecule has 0 aromatic carbocycles. The molecule has 1 aliphatic rings. The lowest BCUT2D eigenvalue weighted by Gasteiger charge is -2.42. The molecule has 1 saturated heterocycles. The maximum absolute atomic E-state index is 13.4. The summed E-state index contributed by atoms with van der Waals surface area (Å²) in [5, 5.41) is 0. The second-order valence-corrected chi connectivity index (χ2v) is 5.99. The second-order valence-electron chi connectivity index (χ2n) is 5.99. The zero-order valence-electron chi connectivity index (χ0n) is 12.9. The maximum atomic E-state index is 13.4. The highest BCUT2D eigenvalue weighted by atomic mass is 19.4. The van der Waals surface area contributed by atoms with Gasteiger partial charge in [-0.1, -0.05) is 6.92 Å². The Hall–Kier alpha value is -1.70. The summed E-state index contributed by atoms with van der Waals surface area (Å²) in [5.41, 5.74) is -3.63. The largest absolute Gasteiger partial charge is 0.431 e. The molecule has 8 heteroatoms. The van der Waals surface area contributed by atoms with Gasteiger partial charge in [0.15, 0.2) is 5.78 Å². The van der Waals surface area contributed by atoms with Crippen LogP contribution < -0.4 is 5.56 Å². The first-order valence-electron chi connectivity index (χ1n) is 7.30. The lowest BCUT2D eigenvalue weighted by Crippen LogP contribution is -2.57. The number of hydrogen-bond acceptors (Lipinski definition) is 3. The number of pyridine rings is 1. The Morgan fingerprint density at radius 3 is 2.35 bits per heavy atom. The first-order chi connectivity index (χ1) is 10.5. The minimum Gasteiger partial charge on any atom is -0.303 e. The molecule has 0 N–H and O–H groups in total. The van der Waals surface area contributed by atoms with Gasteiger partial charge in [0.1, 0.15) is 11.4 Å². The van der Waals surface area contributed by atoms with Crippen LogP contribution >= 0.6 is 0 Å². The summed E-state index contributed by atoms with van der Waals surface area (Å²) in [6.45, 7) is 3.07. The van der Waals surface area contributed by atoms with E-state index in [1.54, 1.807) is 4.90 Å². The monoisotopic (exact) mass is 334 g/mol. The van der Waals surface area contributed by atoms with Crippen molar-refractivity contribution in [2.75, 3.05) is 19.6 Å². The highest BCUT2D eigenvalue weighted by Crippen LogP contribution is 2.29. The van der Waals surface area contributed by atoms with E-state index in [0.29, 0.717) is 4.57 Å². The van der Waals surface area contributed by atoms with E-state index in [2.05, 4.69) is 0 Å². The number of ketones is 1. The molecule has 1 aromatic heterocycles. The summed E-state index contributed by atoms with van der Waals surface area (Å²) in [6, 6.07) is 1.68. The molecule has 0 aliphatic carbocycles. The number of nitrogens with zero attached hydrogens (tertiary/aromatic N) is 2. The molecule has 0 saturated carbocycles. The van der Waals surface area contributed by atoms with Crippen LogP contribution in [0, 0.1) is 0 Å². The Balaban J connectivity index is 2.30. The van der Waals surface area contributed by atoms with Gasteiger partial charge < -0.3 is 4.57 Å². The van der Waals surface area contributed by atoms with Crippen LogP contribution in [0.25, 0.3) is 0 Å². The van der Waals surface area contributed by atoms with Gasteiger partial charge in [0.2, 0.25) is 0 Å². The first kappa shape index (κ1) is 17.7. The molecular weight excluding hydrogens is 316 g/mol. The van der Waals surface area contributed by atoms with Crippen molar-refractivity contribution in [1.82, 2.24) is 9.47 Å². The van der Waals surface area contributed by atoms with Crippen molar-refractivity contribution in [3.8, 4) is 0 Å². The predicted molar refractivity (Wildman–Crippen MR) is 76.3 cm³/mol. The number of Topliss-reactive ketones (excluding diaryl/α,β-unsaturated/α-hetero) is 1. The number of alkyl halides is 4. The van der Waals surface area contributed by atoms with Crippen LogP contribution in [-0.4, -0.2) is 40.6 Å². The average molecular weight is 334 g/mol. The highest BCUT2D eigenvalue weighted by molar-refractivity contribution is 5.95. The van der Waals surface area contributed by atoms with Gasteiger partial charge in [-0.25, -0.2) is 4.39 Å². The summed E-state index contributed by atoms with van der Waals surface area (Å²) in [7, 11) is 0. The SMILES string of the molecule is CCC(=O)c1ccc(C(F)(F)F)n(CCN2CC(C)(F)C2)c1=O. The number of likely N-dealkylation sites (tertiary alicyclic amines) is 1. The molecule has 0 spiro atoms. The molecule has 23 heavy (non-hydrogen) atoms. The third-order valence-electron chi connectivity index (χ3n) is 3.83. The summed E-state index contributed by atoms with van der Waals surface area (Å²) in [5.74, 6) is -0.502. The van der Waals surface area contributed by atoms with Gasteiger partial charge in [0.05, 0.1) is 5.56 Å². The zero-order valence-corrected chi connectivity index (χ0v) is 12.9. The molecule has 1 fully saturated rings. The molecule has 0 atom stereocenters. The lowest BCUT2D eigenvalue weighted by atomic mass is 9.99. The van der Waals surface area contributed by atoms with Gasteiger partial charge in [-0.15, -0.1) is 0 Å². The third-order valence-corrected chi connectivity index (χ3v) is 3.83. The number of aromatic nitrogens is 1. The molecule has 0 radical (unpaired) electrons. The number of hydrogen-bond donors (Lipinski definition) is 0. The van der Waals surface area contributed by atoms with E-state index in [-0.39, 0.29) is 38.2 Å². The minimum atomic E-state index is -4.70. The zero-order chi connectivity index (χ0) is 17.4. The summed E-state index contributed by atoms with van der Waals surface area (Å²) < 4.78 is 53.2. The second kappa shape index (κ2) is 6.07. The van der Waals surface area contributed by atoms with E-state index in [4.69, 9.17) is 0 Å². The standard InChI is InChI=1S/C15H18F4N2O2/c1-3-11(22)10-4-5-12(15(17,18)19)21(13(10)23)7-6-20-8-14(2,16)9-20/h4-5H,3,6-9H2,1-2H3. The fraction of sp³-hybridized carbons (Fsp3) is 0.600. The van der Waals surface area contributed by atoms with Crippen molar-refractivity contribution >= 4 is 5.78 Å². The molecule has 0 bridgehead atoms. The van der Waals surface area contributed by atoms with E-state index in [0.717, 1.165) is 12.1 Å². The van der Waals surface area contributed by atoms with Crippen LogP contribution in [0.15, 0.2) is 16.9 Å². The van der Waals surface area contributed by atoms with Gasteiger partial charge in [-0.05, 0) is 19.1 Å². The Morgan fingerprint density at radius 2 is 1.87 bits per heavy atom. The van der Waals surface area contributed by atoms with Gasteiger partial charge >= 0.3 is 6.18 Å². The maximum Gasteiger partial charge on any atom is 0.431 e. The Labute approximate surface area is 130 Å². The first-order valence-corrected chi connectivity index (χ1v) is 7.30. The van der Waals surface area contributed by atoms with Crippen molar-refractivity contribution in [3.05, 3.63) is 33.7 Å². The number of carbonyl (C=O) groups excluding carboxylic acids is 1. The summed E-state index contributed by atoms with van der Waals surface area (Å²) in [4.78, 5) is 25.5. The van der Waals surface area contributed by atoms with E-state index in [1.807, 2.05) is 0 Å². The van der Waals surface area contributed by atoms with Crippen LogP contribution in [0.3, 0.4) is 0 Å². The van der Waals surface area contributed by atoms with E-state index in [1.165, 1.54) is 13.8 Å². The molecule has 1 aliphatic heterocycles. The molecule has 2 heterocycles. The number of carbonyl (C=O) groups is 1. The summed E-state index contributed by atoms with van der Waals surface area (Å²) >= 11 is 0. The van der Waals surface area contributed by atoms with Gasteiger partial charge in [0, 0.05) is 32.6 Å². The van der Waals surface area contributed by atoms with E-state index in [9.17, 15) is 27.2 Å². The predicted octanol–water partition coefficient (Wildman–Crippen LogP) is 2.50. The average Bonchev–Trinajstić information content (AvgIpc) is 2.41. The molecule has 0 unspecified atom stereocenters. The topological polar surface area (TPSA) is 42.3 Å². The van der Waals surface area contributed by atoms with Crippen LogP contribution in [0.1, 0.15) is 36.3 Å². The Morgan fingerprint density at radius 1 is 1.26 bits per heavy atom. The third kappa shape index (κ3) is 3.80. The highest BCUT2D eigenvalue weighted by Gasteiger charge is 2.39. The normalized spacial score (nSPS) is 17.8.